The predicted molar refractivity (Wildman–Crippen MR) is 116 cm³/mol. The Kier molecular flexibility index (Phi) is 8.85. The summed E-state index contributed by atoms with van der Waals surface area (Å²) in [6.45, 7) is 8.92. The molecule has 1 aromatic carbocycles. The summed E-state index contributed by atoms with van der Waals surface area (Å²) in [5.41, 5.74) is 0.687. The number of likely N-dealkylation sites (N-methyl/N-ethyl adjacent to an activating group) is 1. The molecule has 1 aliphatic rings. The number of thioether (sulfide) groups is 1. The normalized spacial score (nSPS) is 16.6. The summed E-state index contributed by atoms with van der Waals surface area (Å²) in [7, 11) is 0. The highest BCUT2D eigenvalue weighted by Gasteiger charge is 2.32. The Bertz CT molecular complexity index is 825. The van der Waals surface area contributed by atoms with Gasteiger partial charge in [-0.2, -0.15) is 0 Å². The van der Waals surface area contributed by atoms with Gasteiger partial charge in [-0.15, -0.1) is 0 Å². The Labute approximate surface area is 180 Å². The number of carbonyl (C=O) groups is 2. The van der Waals surface area contributed by atoms with Crippen LogP contribution >= 0.6 is 23.4 Å². The lowest BCUT2D eigenvalue weighted by molar-refractivity contribution is -0.145. The molecule has 9 heteroatoms. The monoisotopic (exact) mass is 440 g/mol. The molecule has 0 atom stereocenters. The number of hydrogen-bond donors (Lipinski definition) is 0. The largest absolute Gasteiger partial charge is 0.490 e. The van der Waals surface area contributed by atoms with Crippen molar-refractivity contribution in [3.05, 3.63) is 27.6 Å². The molecule has 1 fully saturated rings. The molecule has 1 aromatic rings. The average Bonchev–Trinajstić information content (AvgIpc) is 2.96. The average molecular weight is 441 g/mol. The predicted octanol–water partition coefficient (Wildman–Crippen LogP) is 3.99. The Morgan fingerprint density at radius 2 is 1.97 bits per heavy atom. The number of halogens is 1. The zero-order chi connectivity index (χ0) is 21.4. The number of esters is 1. The van der Waals surface area contributed by atoms with Crippen LogP contribution in [0.4, 0.5) is 0 Å². The fourth-order valence-electron chi connectivity index (χ4n) is 2.60. The van der Waals surface area contributed by atoms with Crippen LogP contribution in [-0.2, 0) is 14.3 Å². The first kappa shape index (κ1) is 23.1. The minimum absolute atomic E-state index is 0.0959. The molecular weight excluding hydrogens is 416 g/mol. The van der Waals surface area contributed by atoms with Gasteiger partial charge in [-0.3, -0.25) is 14.7 Å². The lowest BCUT2D eigenvalue weighted by Gasteiger charge is -2.14. The summed E-state index contributed by atoms with van der Waals surface area (Å²) in [6, 6.07) is 3.39. The second-order valence-corrected chi connectivity index (χ2v) is 7.19. The molecule has 0 N–H and O–H groups in total. The second kappa shape index (κ2) is 11.1. The van der Waals surface area contributed by atoms with E-state index in [1.807, 2.05) is 20.8 Å². The third-order valence-corrected chi connectivity index (χ3v) is 5.09. The Morgan fingerprint density at radius 1 is 1.21 bits per heavy atom. The van der Waals surface area contributed by atoms with E-state index in [2.05, 4.69) is 4.99 Å². The summed E-state index contributed by atoms with van der Waals surface area (Å²) in [4.78, 5) is 30.8. The summed E-state index contributed by atoms with van der Waals surface area (Å²) >= 11 is 7.71. The smallest absolute Gasteiger partial charge is 0.344 e. The molecule has 1 saturated heterocycles. The molecule has 1 amide bonds. The van der Waals surface area contributed by atoms with Crippen LogP contribution in [-0.4, -0.2) is 54.9 Å². The van der Waals surface area contributed by atoms with E-state index in [9.17, 15) is 9.59 Å². The van der Waals surface area contributed by atoms with E-state index >= 15 is 0 Å². The lowest BCUT2D eigenvalue weighted by atomic mass is 10.1. The van der Waals surface area contributed by atoms with Crippen molar-refractivity contribution >= 4 is 46.5 Å². The summed E-state index contributed by atoms with van der Waals surface area (Å²) in [5.74, 6) is 0.0629. The van der Waals surface area contributed by atoms with Gasteiger partial charge in [0.1, 0.15) is 0 Å². The van der Waals surface area contributed by atoms with Gasteiger partial charge in [0.25, 0.3) is 5.91 Å². The lowest BCUT2D eigenvalue weighted by Crippen LogP contribution is -2.28. The number of aliphatic imine (C=N–C) groups is 1. The van der Waals surface area contributed by atoms with Gasteiger partial charge < -0.3 is 14.2 Å². The molecular formula is C20H25ClN2O5S. The quantitative estimate of drug-likeness (QED) is 0.426. The van der Waals surface area contributed by atoms with E-state index in [-0.39, 0.29) is 29.9 Å². The number of benzene rings is 1. The topological polar surface area (TPSA) is 77.4 Å². The molecule has 0 bridgehead atoms. The molecule has 0 unspecified atom stereocenters. The molecule has 1 aliphatic heterocycles. The van der Waals surface area contributed by atoms with Gasteiger partial charge in [0.2, 0.25) is 0 Å². The van der Waals surface area contributed by atoms with E-state index in [0.29, 0.717) is 41.1 Å². The molecule has 29 heavy (non-hydrogen) atoms. The van der Waals surface area contributed by atoms with Gasteiger partial charge in [0, 0.05) is 13.1 Å². The van der Waals surface area contributed by atoms with Crippen molar-refractivity contribution in [1.82, 2.24) is 4.90 Å². The molecule has 0 saturated carbocycles. The number of ether oxygens (including phenoxy) is 3. The molecule has 0 aliphatic carbocycles. The van der Waals surface area contributed by atoms with Crippen molar-refractivity contribution in [1.29, 1.82) is 0 Å². The highest BCUT2D eigenvalue weighted by Crippen LogP contribution is 2.39. The zero-order valence-corrected chi connectivity index (χ0v) is 18.6. The molecule has 2 rings (SSSR count). The summed E-state index contributed by atoms with van der Waals surface area (Å²) in [5, 5.41) is 0.967. The highest BCUT2D eigenvalue weighted by molar-refractivity contribution is 8.18. The van der Waals surface area contributed by atoms with Crippen LogP contribution in [0, 0.1) is 0 Å². The van der Waals surface area contributed by atoms with Crippen molar-refractivity contribution < 1.29 is 23.8 Å². The van der Waals surface area contributed by atoms with Crippen LogP contribution in [0.1, 0.15) is 33.3 Å². The first-order valence-corrected chi connectivity index (χ1v) is 10.6. The second-order valence-electron chi connectivity index (χ2n) is 5.77. The SMILES string of the molecule is CCN=C1S/C(=C/c2cc(Cl)c(OCC(=O)OCC)c(OCC)c2)C(=O)N1CC. The van der Waals surface area contributed by atoms with Gasteiger partial charge >= 0.3 is 5.97 Å². The fourth-order valence-corrected chi connectivity index (χ4v) is 3.98. The number of carbonyl (C=O) groups excluding carboxylic acids is 2. The molecule has 0 spiro atoms. The molecule has 1 heterocycles. The van der Waals surface area contributed by atoms with Crippen molar-refractivity contribution in [3.63, 3.8) is 0 Å². The summed E-state index contributed by atoms with van der Waals surface area (Å²) < 4.78 is 16.0. The van der Waals surface area contributed by atoms with Crippen LogP contribution < -0.4 is 9.47 Å². The first-order valence-electron chi connectivity index (χ1n) is 9.45. The summed E-state index contributed by atoms with van der Waals surface area (Å²) in [6.07, 6.45) is 1.75. The molecule has 0 aromatic heterocycles. The number of nitrogens with zero attached hydrogens (tertiary/aromatic N) is 2. The molecule has 7 nitrogen and oxygen atoms in total. The Hall–Kier alpha value is -2.19. The van der Waals surface area contributed by atoms with Crippen molar-refractivity contribution in [2.75, 3.05) is 32.9 Å². The van der Waals surface area contributed by atoms with Crippen LogP contribution in [0.2, 0.25) is 5.02 Å². The van der Waals surface area contributed by atoms with Gasteiger partial charge in [0.15, 0.2) is 23.3 Å². The number of amidine groups is 1. The van der Waals surface area contributed by atoms with Crippen LogP contribution in [0.25, 0.3) is 6.08 Å². The van der Waals surface area contributed by atoms with Crippen molar-refractivity contribution in [2.45, 2.75) is 27.7 Å². The van der Waals surface area contributed by atoms with E-state index in [1.165, 1.54) is 11.8 Å². The minimum Gasteiger partial charge on any atom is -0.490 e. The number of amides is 1. The number of hydrogen-bond acceptors (Lipinski definition) is 7. The number of rotatable bonds is 9. The zero-order valence-electron chi connectivity index (χ0n) is 17.0. The first-order chi connectivity index (χ1) is 13.9. The molecule has 158 valence electrons. The van der Waals surface area contributed by atoms with Crippen LogP contribution in [0.3, 0.4) is 0 Å². The van der Waals surface area contributed by atoms with Gasteiger partial charge in [-0.05, 0) is 63.2 Å². The minimum atomic E-state index is -0.493. The fraction of sp³-hybridized carbons (Fsp3) is 0.450. The van der Waals surface area contributed by atoms with E-state index in [4.69, 9.17) is 25.8 Å². The van der Waals surface area contributed by atoms with E-state index < -0.39 is 5.97 Å². The maximum absolute atomic E-state index is 12.6. The Balaban J connectivity index is 2.32. The van der Waals surface area contributed by atoms with E-state index in [0.717, 1.165) is 0 Å². The molecule has 0 radical (unpaired) electrons. The highest BCUT2D eigenvalue weighted by atomic mass is 35.5. The van der Waals surface area contributed by atoms with Gasteiger partial charge in [-0.25, -0.2) is 4.79 Å². The third kappa shape index (κ3) is 5.90. The van der Waals surface area contributed by atoms with Gasteiger partial charge in [0.05, 0.1) is 23.1 Å². The Morgan fingerprint density at radius 3 is 2.59 bits per heavy atom. The third-order valence-electron chi connectivity index (χ3n) is 3.77. The maximum atomic E-state index is 12.6. The standard InChI is InChI=1S/C20H25ClN2O5S/c1-5-22-20-23(6-2)19(25)16(29-20)11-13-9-14(21)18(15(10-13)26-7-3)28-12-17(24)27-8-4/h9-11H,5-8,12H2,1-4H3/b16-11+,22-20?. The van der Waals surface area contributed by atoms with Gasteiger partial charge in [-0.1, -0.05) is 11.6 Å². The maximum Gasteiger partial charge on any atom is 0.344 e. The van der Waals surface area contributed by atoms with Crippen LogP contribution in [0.15, 0.2) is 22.0 Å². The van der Waals surface area contributed by atoms with Crippen LogP contribution in [0.5, 0.6) is 11.5 Å². The van der Waals surface area contributed by atoms with E-state index in [1.54, 1.807) is 30.0 Å². The van der Waals surface area contributed by atoms with Crippen molar-refractivity contribution in [3.8, 4) is 11.5 Å². The van der Waals surface area contributed by atoms with Crippen molar-refractivity contribution in [2.24, 2.45) is 4.99 Å².